The first-order valence-corrected chi connectivity index (χ1v) is 10.0. The molecule has 0 bridgehead atoms. The average Bonchev–Trinajstić information content (AvgIpc) is 3.02. The Hall–Kier alpha value is -2.15. The molecule has 0 aliphatic carbocycles. The standard InChI is InChI=1S/C22H27N5O.2ClH/c1-15-20-18(22(28)24-12-10-16-7-6-11-23-14-16)13-19(17-8-4-3-5-9-17)25-21(20)27(2)26-15;;/h3-5,8-9,13,16,23H,6-7,10-12,14H2,1-2H3,(H,24,28);2*1H. The van der Waals surface area contributed by atoms with Crippen LogP contribution < -0.4 is 10.6 Å². The summed E-state index contributed by atoms with van der Waals surface area (Å²) in [5, 5.41) is 11.9. The molecule has 162 valence electrons. The molecule has 30 heavy (non-hydrogen) atoms. The van der Waals surface area contributed by atoms with Crippen molar-refractivity contribution in [3.8, 4) is 11.3 Å². The first-order valence-electron chi connectivity index (χ1n) is 10.0. The number of rotatable bonds is 5. The van der Waals surface area contributed by atoms with Crippen molar-refractivity contribution in [2.24, 2.45) is 13.0 Å². The molecular formula is C22H29Cl2N5O. The van der Waals surface area contributed by atoms with Crippen molar-refractivity contribution < 1.29 is 4.79 Å². The van der Waals surface area contributed by atoms with E-state index in [0.717, 1.165) is 47.5 Å². The Morgan fingerprint density at radius 3 is 2.73 bits per heavy atom. The highest BCUT2D eigenvalue weighted by Gasteiger charge is 2.20. The van der Waals surface area contributed by atoms with Gasteiger partial charge < -0.3 is 10.6 Å². The number of halogens is 2. The number of nitrogens with zero attached hydrogens (tertiary/aromatic N) is 3. The molecule has 6 nitrogen and oxygen atoms in total. The molecule has 1 atom stereocenters. The Balaban J connectivity index is 0.00000160. The van der Waals surface area contributed by atoms with Crippen LogP contribution in [0.15, 0.2) is 36.4 Å². The highest BCUT2D eigenvalue weighted by atomic mass is 35.5. The zero-order valence-electron chi connectivity index (χ0n) is 17.4. The summed E-state index contributed by atoms with van der Waals surface area (Å²) in [4.78, 5) is 17.8. The lowest BCUT2D eigenvalue weighted by Crippen LogP contribution is -2.33. The first-order chi connectivity index (χ1) is 13.6. The third-order valence-electron chi connectivity index (χ3n) is 5.52. The zero-order valence-corrected chi connectivity index (χ0v) is 19.0. The molecule has 0 spiro atoms. The van der Waals surface area contributed by atoms with Gasteiger partial charge in [-0.25, -0.2) is 4.98 Å². The van der Waals surface area contributed by atoms with Crippen molar-refractivity contribution in [1.29, 1.82) is 0 Å². The number of carbonyl (C=O) groups is 1. The summed E-state index contributed by atoms with van der Waals surface area (Å²) in [7, 11) is 1.87. The van der Waals surface area contributed by atoms with Gasteiger partial charge in [-0.2, -0.15) is 5.10 Å². The molecule has 1 unspecified atom stereocenters. The first kappa shape index (κ1) is 24.1. The number of piperidine rings is 1. The average molecular weight is 450 g/mol. The molecule has 0 saturated carbocycles. The summed E-state index contributed by atoms with van der Waals surface area (Å²) < 4.78 is 1.75. The van der Waals surface area contributed by atoms with Gasteiger partial charge in [-0.15, -0.1) is 24.8 Å². The smallest absolute Gasteiger partial charge is 0.252 e. The topological polar surface area (TPSA) is 71.8 Å². The van der Waals surface area contributed by atoms with Gasteiger partial charge in [0.05, 0.1) is 22.3 Å². The van der Waals surface area contributed by atoms with Crippen LogP contribution >= 0.6 is 24.8 Å². The number of fused-ring (bicyclic) bond motifs is 1. The number of pyridine rings is 1. The van der Waals surface area contributed by atoms with Crippen molar-refractivity contribution in [1.82, 2.24) is 25.4 Å². The Morgan fingerprint density at radius 1 is 1.27 bits per heavy atom. The Bertz CT molecular complexity index is 984. The molecule has 1 aliphatic rings. The van der Waals surface area contributed by atoms with Gasteiger partial charge in [0.25, 0.3) is 5.91 Å². The van der Waals surface area contributed by atoms with Gasteiger partial charge in [-0.1, -0.05) is 30.3 Å². The van der Waals surface area contributed by atoms with E-state index in [-0.39, 0.29) is 30.7 Å². The minimum atomic E-state index is -0.0514. The largest absolute Gasteiger partial charge is 0.352 e. The predicted molar refractivity (Wildman–Crippen MR) is 126 cm³/mol. The SMILES string of the molecule is Cc1nn(C)c2nc(-c3ccccc3)cc(C(=O)NCCC3CCCNC3)c12.Cl.Cl. The number of hydrogen-bond donors (Lipinski definition) is 2. The highest BCUT2D eigenvalue weighted by molar-refractivity contribution is 6.07. The lowest BCUT2D eigenvalue weighted by atomic mass is 9.96. The fraction of sp³-hybridized carbons (Fsp3) is 0.409. The van der Waals surface area contributed by atoms with Crippen molar-refractivity contribution in [2.75, 3.05) is 19.6 Å². The molecular weight excluding hydrogens is 421 g/mol. The summed E-state index contributed by atoms with van der Waals surface area (Å²) in [6.45, 7) is 4.78. The fourth-order valence-corrected chi connectivity index (χ4v) is 4.04. The lowest BCUT2D eigenvalue weighted by Gasteiger charge is -2.22. The van der Waals surface area contributed by atoms with Crippen LogP contribution in [-0.4, -0.2) is 40.3 Å². The van der Waals surface area contributed by atoms with Crippen LogP contribution in [0.5, 0.6) is 0 Å². The molecule has 0 radical (unpaired) electrons. The van der Waals surface area contributed by atoms with Crippen LogP contribution in [-0.2, 0) is 7.05 Å². The molecule has 1 aromatic carbocycles. The van der Waals surface area contributed by atoms with E-state index in [0.29, 0.717) is 18.0 Å². The maximum Gasteiger partial charge on any atom is 0.252 e. The molecule has 2 aromatic heterocycles. The van der Waals surface area contributed by atoms with Gasteiger partial charge in [-0.05, 0) is 51.3 Å². The van der Waals surface area contributed by atoms with Gasteiger partial charge in [-0.3, -0.25) is 9.48 Å². The monoisotopic (exact) mass is 449 g/mol. The van der Waals surface area contributed by atoms with Gasteiger partial charge in [0, 0.05) is 19.2 Å². The van der Waals surface area contributed by atoms with Gasteiger partial charge >= 0.3 is 0 Å². The maximum absolute atomic E-state index is 13.1. The fourth-order valence-electron chi connectivity index (χ4n) is 4.04. The number of aromatic nitrogens is 3. The van der Waals surface area contributed by atoms with Crippen molar-refractivity contribution in [2.45, 2.75) is 26.2 Å². The van der Waals surface area contributed by atoms with Gasteiger partial charge in [0.1, 0.15) is 0 Å². The van der Waals surface area contributed by atoms with Crippen LogP contribution in [0, 0.1) is 12.8 Å². The zero-order chi connectivity index (χ0) is 19.5. The van der Waals surface area contributed by atoms with Crippen LogP contribution in [0.2, 0.25) is 0 Å². The number of nitrogens with one attached hydrogen (secondary N) is 2. The predicted octanol–water partition coefficient (Wildman–Crippen LogP) is 3.91. The van der Waals surface area contributed by atoms with Crippen molar-refractivity contribution in [3.05, 3.63) is 47.7 Å². The third kappa shape index (κ3) is 5.12. The molecule has 1 aliphatic heterocycles. The van der Waals surface area contributed by atoms with E-state index >= 15 is 0 Å². The summed E-state index contributed by atoms with van der Waals surface area (Å²) in [6, 6.07) is 11.8. The van der Waals surface area contributed by atoms with Crippen LogP contribution in [0.1, 0.15) is 35.3 Å². The Morgan fingerprint density at radius 2 is 2.03 bits per heavy atom. The molecule has 3 heterocycles. The van der Waals surface area contributed by atoms with E-state index in [4.69, 9.17) is 4.98 Å². The summed E-state index contributed by atoms with van der Waals surface area (Å²) in [5.41, 5.74) is 3.99. The number of carbonyl (C=O) groups excluding carboxylic acids is 1. The molecule has 1 saturated heterocycles. The molecule has 1 fully saturated rings. The number of benzene rings is 1. The molecule has 3 aromatic rings. The van der Waals surface area contributed by atoms with E-state index in [9.17, 15) is 4.79 Å². The van der Waals surface area contributed by atoms with Crippen molar-refractivity contribution >= 4 is 41.8 Å². The second-order valence-electron chi connectivity index (χ2n) is 7.59. The van der Waals surface area contributed by atoms with E-state index < -0.39 is 0 Å². The van der Waals surface area contributed by atoms with Crippen LogP contribution in [0.3, 0.4) is 0 Å². The minimum Gasteiger partial charge on any atom is -0.352 e. The van der Waals surface area contributed by atoms with Crippen LogP contribution in [0.25, 0.3) is 22.3 Å². The van der Waals surface area contributed by atoms with E-state index in [1.165, 1.54) is 12.8 Å². The van der Waals surface area contributed by atoms with Gasteiger partial charge in [0.2, 0.25) is 0 Å². The summed E-state index contributed by atoms with van der Waals surface area (Å²) in [5.74, 6) is 0.593. The normalized spacial score (nSPS) is 15.9. The molecule has 4 rings (SSSR count). The maximum atomic E-state index is 13.1. The van der Waals surface area contributed by atoms with E-state index in [1.54, 1.807) is 4.68 Å². The number of hydrogen-bond acceptors (Lipinski definition) is 4. The van der Waals surface area contributed by atoms with E-state index in [1.807, 2.05) is 50.4 Å². The summed E-state index contributed by atoms with van der Waals surface area (Å²) in [6.07, 6.45) is 3.46. The van der Waals surface area contributed by atoms with Crippen LogP contribution in [0.4, 0.5) is 0 Å². The van der Waals surface area contributed by atoms with E-state index in [2.05, 4.69) is 15.7 Å². The quantitative estimate of drug-likeness (QED) is 0.619. The Labute approximate surface area is 189 Å². The lowest BCUT2D eigenvalue weighted by molar-refractivity contribution is 0.0952. The number of aryl methyl sites for hydroxylation is 2. The highest BCUT2D eigenvalue weighted by Crippen LogP contribution is 2.26. The molecule has 1 amide bonds. The molecule has 8 heteroatoms. The minimum absolute atomic E-state index is 0. The Kier molecular flexibility index (Phi) is 8.65. The third-order valence-corrected chi connectivity index (χ3v) is 5.52. The van der Waals surface area contributed by atoms with Crippen molar-refractivity contribution in [3.63, 3.8) is 0 Å². The van der Waals surface area contributed by atoms with Gasteiger partial charge in [0.15, 0.2) is 5.65 Å². The second-order valence-corrected chi connectivity index (χ2v) is 7.59. The second kappa shape index (κ2) is 10.8. The molecule has 2 N–H and O–H groups in total. The summed E-state index contributed by atoms with van der Waals surface area (Å²) >= 11 is 0. The number of amides is 1.